The molecule has 0 amide bonds. The predicted octanol–water partition coefficient (Wildman–Crippen LogP) is 3.90. The van der Waals surface area contributed by atoms with E-state index in [1.807, 2.05) is 54.7 Å². The summed E-state index contributed by atoms with van der Waals surface area (Å²) in [7, 11) is 3.20. The maximum Gasteiger partial charge on any atom is 0.213 e. The van der Waals surface area contributed by atoms with E-state index in [2.05, 4.69) is 4.98 Å². The maximum absolute atomic E-state index is 10.6. The average molecular weight is 320 g/mol. The first kappa shape index (κ1) is 14.4. The fraction of sp³-hybridized carbons (Fsp3) is 0.105. The topological polar surface area (TPSA) is 56.5 Å². The molecule has 2 heterocycles. The second kappa shape index (κ2) is 5.45. The lowest BCUT2D eigenvalue weighted by Crippen LogP contribution is -1.93. The largest absolute Gasteiger partial charge is 0.497 e. The summed E-state index contributed by atoms with van der Waals surface area (Å²) in [6, 6.07) is 15.3. The summed E-state index contributed by atoms with van der Waals surface area (Å²) < 4.78 is 12.2. The average Bonchev–Trinajstić information content (AvgIpc) is 2.96. The lowest BCUT2D eigenvalue weighted by Gasteiger charge is -2.07. The van der Waals surface area contributed by atoms with Gasteiger partial charge in [0.05, 0.1) is 25.4 Å². The summed E-state index contributed by atoms with van der Waals surface area (Å²) in [5.74, 6) is 1.44. The van der Waals surface area contributed by atoms with Crippen LogP contribution in [0.5, 0.6) is 17.5 Å². The number of hydrogen-bond acceptors (Lipinski definition) is 4. The number of aromatic nitrogens is 2. The minimum absolute atomic E-state index is 0.172. The van der Waals surface area contributed by atoms with E-state index in [1.165, 1.54) is 0 Å². The molecule has 0 unspecified atom stereocenters. The summed E-state index contributed by atoms with van der Waals surface area (Å²) in [5.41, 5.74) is 1.64. The number of rotatable bonds is 3. The predicted molar refractivity (Wildman–Crippen MR) is 93.3 cm³/mol. The van der Waals surface area contributed by atoms with Gasteiger partial charge in [0, 0.05) is 28.4 Å². The van der Waals surface area contributed by atoms with Crippen molar-refractivity contribution in [2.75, 3.05) is 14.2 Å². The van der Waals surface area contributed by atoms with Crippen LogP contribution < -0.4 is 9.47 Å². The van der Waals surface area contributed by atoms with Crippen LogP contribution in [0.15, 0.2) is 54.7 Å². The quantitative estimate of drug-likeness (QED) is 0.622. The Balaban J connectivity index is 1.90. The lowest BCUT2D eigenvalue weighted by molar-refractivity contribution is 0.399. The van der Waals surface area contributed by atoms with Crippen molar-refractivity contribution in [3.05, 3.63) is 54.7 Å². The fourth-order valence-corrected chi connectivity index (χ4v) is 2.85. The summed E-state index contributed by atoms with van der Waals surface area (Å²) in [5, 5.41) is 13.3. The molecule has 5 heteroatoms. The van der Waals surface area contributed by atoms with Gasteiger partial charge in [0.1, 0.15) is 5.75 Å². The number of aromatic hydroxyl groups is 1. The molecule has 120 valence electrons. The van der Waals surface area contributed by atoms with E-state index in [-0.39, 0.29) is 5.88 Å². The van der Waals surface area contributed by atoms with Crippen molar-refractivity contribution in [2.24, 2.45) is 0 Å². The molecule has 5 nitrogen and oxygen atoms in total. The van der Waals surface area contributed by atoms with E-state index in [1.54, 1.807) is 18.8 Å². The smallest absolute Gasteiger partial charge is 0.213 e. The van der Waals surface area contributed by atoms with E-state index in [9.17, 15) is 5.11 Å². The number of nitrogens with zero attached hydrogens (tertiary/aromatic N) is 2. The second-order valence-electron chi connectivity index (χ2n) is 5.51. The van der Waals surface area contributed by atoms with Crippen LogP contribution in [-0.2, 0) is 0 Å². The number of pyridine rings is 1. The molecule has 2 aromatic carbocycles. The molecule has 0 aliphatic heterocycles. The highest BCUT2D eigenvalue weighted by Crippen LogP contribution is 2.33. The Morgan fingerprint density at radius 3 is 2.50 bits per heavy atom. The van der Waals surface area contributed by atoms with Gasteiger partial charge in [-0.05, 0) is 36.4 Å². The normalized spacial score (nSPS) is 11.1. The Kier molecular flexibility index (Phi) is 3.27. The van der Waals surface area contributed by atoms with E-state index in [4.69, 9.17) is 9.47 Å². The maximum atomic E-state index is 10.6. The van der Waals surface area contributed by atoms with Gasteiger partial charge < -0.3 is 14.6 Å². The van der Waals surface area contributed by atoms with Crippen molar-refractivity contribution in [3.63, 3.8) is 0 Å². The molecule has 2 aromatic heterocycles. The lowest BCUT2D eigenvalue weighted by atomic mass is 10.2. The van der Waals surface area contributed by atoms with Crippen molar-refractivity contribution in [3.8, 4) is 23.2 Å². The van der Waals surface area contributed by atoms with Gasteiger partial charge in [-0.1, -0.05) is 6.07 Å². The third-order valence-electron chi connectivity index (χ3n) is 4.14. The molecule has 0 aliphatic carbocycles. The summed E-state index contributed by atoms with van der Waals surface area (Å²) in [6.07, 6.45) is 1.89. The highest BCUT2D eigenvalue weighted by molar-refractivity contribution is 5.90. The monoisotopic (exact) mass is 320 g/mol. The van der Waals surface area contributed by atoms with Gasteiger partial charge in [-0.15, -0.1) is 0 Å². The zero-order valence-corrected chi connectivity index (χ0v) is 13.4. The van der Waals surface area contributed by atoms with Crippen molar-refractivity contribution in [1.29, 1.82) is 0 Å². The van der Waals surface area contributed by atoms with Crippen LogP contribution in [0.1, 0.15) is 0 Å². The van der Waals surface area contributed by atoms with Crippen molar-refractivity contribution < 1.29 is 14.6 Å². The first-order valence-electron chi connectivity index (χ1n) is 7.53. The number of methoxy groups -OCH3 is 2. The molecular weight excluding hydrogens is 304 g/mol. The number of fused-ring (bicyclic) bond motifs is 2. The third-order valence-corrected chi connectivity index (χ3v) is 4.14. The Morgan fingerprint density at radius 2 is 1.71 bits per heavy atom. The van der Waals surface area contributed by atoms with Gasteiger partial charge in [-0.2, -0.15) is 0 Å². The van der Waals surface area contributed by atoms with Crippen LogP contribution in [0.4, 0.5) is 0 Å². The molecule has 0 atom stereocenters. The zero-order chi connectivity index (χ0) is 16.7. The molecule has 0 spiro atoms. The van der Waals surface area contributed by atoms with Gasteiger partial charge >= 0.3 is 0 Å². The van der Waals surface area contributed by atoms with Crippen LogP contribution >= 0.6 is 0 Å². The molecule has 4 rings (SSSR count). The summed E-state index contributed by atoms with van der Waals surface area (Å²) in [6.45, 7) is 0. The first-order valence-corrected chi connectivity index (χ1v) is 7.53. The van der Waals surface area contributed by atoms with Crippen molar-refractivity contribution >= 4 is 21.7 Å². The Labute approximate surface area is 138 Å². The standard InChI is InChI=1S/C19H16N2O3/c1-23-15-7-4-13-11-21(19(22)16(13)10-15)14-6-3-12-5-8-18(24-2)20-17(12)9-14/h3-11,22H,1-2H3. The Hall–Kier alpha value is -3.21. The van der Waals surface area contributed by atoms with E-state index in [0.29, 0.717) is 11.6 Å². The van der Waals surface area contributed by atoms with Crippen LogP contribution in [0.3, 0.4) is 0 Å². The van der Waals surface area contributed by atoms with Gasteiger partial charge in [0.15, 0.2) is 0 Å². The summed E-state index contributed by atoms with van der Waals surface area (Å²) in [4.78, 5) is 4.45. The van der Waals surface area contributed by atoms with Crippen molar-refractivity contribution in [2.45, 2.75) is 0 Å². The molecule has 4 aromatic rings. The minimum Gasteiger partial charge on any atom is -0.497 e. The third kappa shape index (κ3) is 2.22. The highest BCUT2D eigenvalue weighted by atomic mass is 16.5. The van der Waals surface area contributed by atoms with Gasteiger partial charge in [0.2, 0.25) is 11.8 Å². The molecule has 0 fully saturated rings. The first-order chi connectivity index (χ1) is 11.7. The van der Waals surface area contributed by atoms with E-state index >= 15 is 0 Å². The summed E-state index contributed by atoms with van der Waals surface area (Å²) >= 11 is 0. The molecular formula is C19H16N2O3. The number of hydrogen-bond donors (Lipinski definition) is 1. The van der Waals surface area contributed by atoms with Crippen LogP contribution in [-0.4, -0.2) is 28.9 Å². The molecule has 1 N–H and O–H groups in total. The van der Waals surface area contributed by atoms with Crippen molar-refractivity contribution in [1.82, 2.24) is 9.55 Å². The van der Waals surface area contributed by atoms with Crippen LogP contribution in [0.25, 0.3) is 27.4 Å². The van der Waals surface area contributed by atoms with E-state index in [0.717, 1.165) is 27.4 Å². The van der Waals surface area contributed by atoms with Gasteiger partial charge in [0.25, 0.3) is 0 Å². The molecule has 0 aliphatic rings. The van der Waals surface area contributed by atoms with Crippen LogP contribution in [0, 0.1) is 0 Å². The Bertz CT molecular complexity index is 1050. The number of ether oxygens (including phenoxy) is 2. The second-order valence-corrected chi connectivity index (χ2v) is 5.51. The Morgan fingerprint density at radius 1 is 0.917 bits per heavy atom. The number of benzene rings is 2. The molecule has 24 heavy (non-hydrogen) atoms. The minimum atomic E-state index is 0.172. The van der Waals surface area contributed by atoms with Gasteiger partial charge in [-0.3, -0.25) is 4.57 Å². The van der Waals surface area contributed by atoms with E-state index < -0.39 is 0 Å². The molecule has 0 bridgehead atoms. The molecule has 0 saturated carbocycles. The van der Waals surface area contributed by atoms with Crippen LogP contribution in [0.2, 0.25) is 0 Å². The zero-order valence-electron chi connectivity index (χ0n) is 13.4. The highest BCUT2D eigenvalue weighted by Gasteiger charge is 2.11. The molecule has 0 radical (unpaired) electrons. The van der Waals surface area contributed by atoms with Gasteiger partial charge in [-0.25, -0.2) is 4.98 Å². The fourth-order valence-electron chi connectivity index (χ4n) is 2.85. The molecule has 0 saturated heterocycles. The SMILES string of the molecule is COc1ccc2cn(-c3ccc4ccc(OC)nc4c3)c(O)c2c1.